The summed E-state index contributed by atoms with van der Waals surface area (Å²) in [5, 5.41) is 3.10. The number of pyridine rings is 1. The van der Waals surface area contributed by atoms with Gasteiger partial charge in [0.1, 0.15) is 11.5 Å². The molecule has 0 saturated carbocycles. The number of hydrogen-bond acceptors (Lipinski definition) is 7. The minimum absolute atomic E-state index is 0.0771. The number of aromatic nitrogens is 4. The quantitative estimate of drug-likeness (QED) is 0.580. The van der Waals surface area contributed by atoms with Gasteiger partial charge in [0.2, 0.25) is 0 Å². The Balaban J connectivity index is 1.26. The molecule has 0 bridgehead atoms. The minimum atomic E-state index is -0.0771. The highest BCUT2D eigenvalue weighted by Gasteiger charge is 2.25. The van der Waals surface area contributed by atoms with Gasteiger partial charge in [-0.3, -0.25) is 14.8 Å². The lowest BCUT2D eigenvalue weighted by atomic mass is 10.2. The summed E-state index contributed by atoms with van der Waals surface area (Å²) in [5.74, 6) is 0.909. The molecule has 0 spiro atoms. The van der Waals surface area contributed by atoms with E-state index in [4.69, 9.17) is 0 Å². The molecule has 0 unspecified atom stereocenters. The molecular formula is C23H27N7OS. The SMILES string of the molecule is Cc1c(SN2Cc3nccnc3C2)cc(C(=O)NCc2cccnc2N2CCCC2)n1C. The third-order valence-electron chi connectivity index (χ3n) is 6.17. The molecule has 8 nitrogen and oxygen atoms in total. The molecule has 5 rings (SSSR count). The van der Waals surface area contributed by atoms with E-state index in [1.807, 2.05) is 42.9 Å². The molecule has 2 aliphatic rings. The van der Waals surface area contributed by atoms with Crippen molar-refractivity contribution in [2.24, 2.45) is 7.05 Å². The highest BCUT2D eigenvalue weighted by molar-refractivity contribution is 7.97. The van der Waals surface area contributed by atoms with Crippen LogP contribution in [0.15, 0.2) is 41.7 Å². The maximum atomic E-state index is 13.0. The number of amides is 1. The van der Waals surface area contributed by atoms with Gasteiger partial charge in [0.15, 0.2) is 0 Å². The van der Waals surface area contributed by atoms with Gasteiger partial charge in [-0.1, -0.05) is 6.07 Å². The molecule has 166 valence electrons. The zero-order valence-corrected chi connectivity index (χ0v) is 19.2. The summed E-state index contributed by atoms with van der Waals surface area (Å²) in [7, 11) is 1.94. The Morgan fingerprint density at radius 3 is 2.53 bits per heavy atom. The number of nitrogens with zero attached hydrogens (tertiary/aromatic N) is 6. The Morgan fingerprint density at radius 1 is 1.09 bits per heavy atom. The van der Waals surface area contributed by atoms with Crippen molar-refractivity contribution in [3.63, 3.8) is 0 Å². The van der Waals surface area contributed by atoms with Gasteiger partial charge in [0.25, 0.3) is 5.91 Å². The normalized spacial score (nSPS) is 15.9. The van der Waals surface area contributed by atoms with Crippen LogP contribution in [0.3, 0.4) is 0 Å². The third kappa shape index (κ3) is 4.10. The number of carbonyl (C=O) groups is 1. The minimum Gasteiger partial charge on any atom is -0.356 e. The third-order valence-corrected chi connectivity index (χ3v) is 7.30. The van der Waals surface area contributed by atoms with Crippen molar-refractivity contribution in [3.8, 4) is 0 Å². The number of anilines is 1. The molecule has 0 aliphatic carbocycles. The second-order valence-corrected chi connectivity index (χ2v) is 9.38. The Kier molecular flexibility index (Phi) is 5.84. The average molecular weight is 450 g/mol. The van der Waals surface area contributed by atoms with Gasteiger partial charge < -0.3 is 14.8 Å². The molecule has 0 aromatic carbocycles. The molecule has 9 heteroatoms. The van der Waals surface area contributed by atoms with Crippen LogP contribution in [0.5, 0.6) is 0 Å². The van der Waals surface area contributed by atoms with Gasteiger partial charge in [-0.05, 0) is 43.8 Å². The molecule has 1 amide bonds. The van der Waals surface area contributed by atoms with Gasteiger partial charge in [0, 0.05) is 61.4 Å². The summed E-state index contributed by atoms with van der Waals surface area (Å²) in [6, 6.07) is 5.95. The smallest absolute Gasteiger partial charge is 0.268 e. The second-order valence-electron chi connectivity index (χ2n) is 8.24. The van der Waals surface area contributed by atoms with Gasteiger partial charge in [-0.2, -0.15) is 0 Å². The van der Waals surface area contributed by atoms with E-state index in [2.05, 4.69) is 29.5 Å². The highest BCUT2D eigenvalue weighted by atomic mass is 32.2. The number of carbonyl (C=O) groups excluding carboxylic acids is 1. The van der Waals surface area contributed by atoms with Crippen LogP contribution < -0.4 is 10.2 Å². The number of nitrogens with one attached hydrogen (secondary N) is 1. The topological polar surface area (TPSA) is 79.2 Å². The highest BCUT2D eigenvalue weighted by Crippen LogP contribution is 2.34. The Labute approximate surface area is 192 Å². The van der Waals surface area contributed by atoms with Crippen molar-refractivity contribution in [2.45, 2.75) is 44.3 Å². The largest absolute Gasteiger partial charge is 0.356 e. The van der Waals surface area contributed by atoms with E-state index in [-0.39, 0.29) is 5.91 Å². The zero-order valence-electron chi connectivity index (χ0n) is 18.4. The number of rotatable bonds is 6. The van der Waals surface area contributed by atoms with Crippen molar-refractivity contribution in [1.29, 1.82) is 0 Å². The summed E-state index contributed by atoms with van der Waals surface area (Å²) in [5.41, 5.74) is 4.83. The van der Waals surface area contributed by atoms with E-state index in [0.717, 1.165) is 59.5 Å². The Hall–Kier alpha value is -2.91. The molecule has 32 heavy (non-hydrogen) atoms. The fourth-order valence-corrected chi connectivity index (χ4v) is 5.37. The maximum Gasteiger partial charge on any atom is 0.268 e. The van der Waals surface area contributed by atoms with Gasteiger partial charge >= 0.3 is 0 Å². The molecule has 1 saturated heterocycles. The summed E-state index contributed by atoms with van der Waals surface area (Å²) in [6.07, 6.45) is 7.69. The van der Waals surface area contributed by atoms with Gasteiger partial charge in [-0.15, -0.1) is 0 Å². The van der Waals surface area contributed by atoms with Crippen molar-refractivity contribution >= 4 is 23.7 Å². The van der Waals surface area contributed by atoms with Crippen LogP contribution in [0, 0.1) is 6.92 Å². The molecule has 3 aromatic heterocycles. The molecule has 5 heterocycles. The lowest BCUT2D eigenvalue weighted by molar-refractivity contribution is 0.0942. The summed E-state index contributed by atoms with van der Waals surface area (Å²) < 4.78 is 4.19. The van der Waals surface area contributed by atoms with Crippen LogP contribution in [-0.4, -0.2) is 42.8 Å². The van der Waals surface area contributed by atoms with Crippen LogP contribution in [-0.2, 0) is 26.7 Å². The molecule has 3 aromatic rings. The Bertz CT molecular complexity index is 1110. The van der Waals surface area contributed by atoms with E-state index in [1.54, 1.807) is 24.3 Å². The standard InChI is InChI=1S/C23H27N7OS/c1-16-21(32-30-14-18-19(15-30)25-9-8-24-18)12-20(28(16)2)23(31)27-13-17-6-5-7-26-22(17)29-10-3-4-11-29/h5-9,12H,3-4,10-11,13-15H2,1-2H3,(H,27,31). The first kappa shape index (κ1) is 21.0. The molecule has 2 aliphatic heterocycles. The molecule has 0 atom stereocenters. The van der Waals surface area contributed by atoms with Gasteiger partial charge in [0.05, 0.1) is 24.5 Å². The molecule has 1 fully saturated rings. The van der Waals surface area contributed by atoms with E-state index in [0.29, 0.717) is 12.2 Å². The van der Waals surface area contributed by atoms with E-state index in [9.17, 15) is 4.79 Å². The lowest BCUT2D eigenvalue weighted by Gasteiger charge is -2.20. The lowest BCUT2D eigenvalue weighted by Crippen LogP contribution is -2.27. The first-order chi connectivity index (χ1) is 15.6. The molecular weight excluding hydrogens is 422 g/mol. The fraction of sp³-hybridized carbons (Fsp3) is 0.391. The van der Waals surface area contributed by atoms with E-state index in [1.165, 1.54) is 12.8 Å². The van der Waals surface area contributed by atoms with E-state index >= 15 is 0 Å². The average Bonchev–Trinajstić information content (AvgIpc) is 3.54. The van der Waals surface area contributed by atoms with E-state index < -0.39 is 0 Å². The second kappa shape index (κ2) is 8.91. The summed E-state index contributed by atoms with van der Waals surface area (Å²) >= 11 is 1.66. The maximum absolute atomic E-state index is 13.0. The number of fused-ring (bicyclic) bond motifs is 1. The van der Waals surface area contributed by atoms with Crippen molar-refractivity contribution in [3.05, 3.63) is 65.1 Å². The number of hydrogen-bond donors (Lipinski definition) is 1. The van der Waals surface area contributed by atoms with Crippen molar-refractivity contribution in [2.75, 3.05) is 18.0 Å². The predicted octanol–water partition coefficient (Wildman–Crippen LogP) is 3.07. The zero-order chi connectivity index (χ0) is 22.1. The van der Waals surface area contributed by atoms with Gasteiger partial charge in [-0.25, -0.2) is 9.29 Å². The van der Waals surface area contributed by atoms with Crippen molar-refractivity contribution in [1.82, 2.24) is 29.1 Å². The predicted molar refractivity (Wildman–Crippen MR) is 124 cm³/mol. The van der Waals surface area contributed by atoms with Crippen LogP contribution in [0.2, 0.25) is 0 Å². The monoisotopic (exact) mass is 449 g/mol. The van der Waals surface area contributed by atoms with Crippen LogP contribution in [0.4, 0.5) is 5.82 Å². The molecule has 1 N–H and O–H groups in total. The first-order valence-corrected chi connectivity index (χ1v) is 11.7. The Morgan fingerprint density at radius 2 is 1.81 bits per heavy atom. The fourth-order valence-electron chi connectivity index (χ4n) is 4.28. The van der Waals surface area contributed by atoms with Crippen LogP contribution >= 0.6 is 11.9 Å². The summed E-state index contributed by atoms with van der Waals surface area (Å²) in [6.45, 7) is 6.07. The molecule has 0 radical (unpaired) electrons. The summed E-state index contributed by atoms with van der Waals surface area (Å²) in [4.78, 5) is 29.8. The van der Waals surface area contributed by atoms with Crippen LogP contribution in [0.1, 0.15) is 46.0 Å². The van der Waals surface area contributed by atoms with Crippen molar-refractivity contribution < 1.29 is 4.79 Å². The van der Waals surface area contributed by atoms with Crippen LogP contribution in [0.25, 0.3) is 0 Å². The first-order valence-electron chi connectivity index (χ1n) is 10.9.